The molecule has 0 saturated heterocycles. The summed E-state index contributed by atoms with van der Waals surface area (Å²) in [6.07, 6.45) is 3.29. The first kappa shape index (κ1) is 13.2. The van der Waals surface area contributed by atoms with Crippen molar-refractivity contribution in [3.63, 3.8) is 0 Å². The minimum Gasteiger partial charge on any atom is -0.496 e. The van der Waals surface area contributed by atoms with Gasteiger partial charge in [0.15, 0.2) is 0 Å². The minimum absolute atomic E-state index is 0.408. The Kier molecular flexibility index (Phi) is 3.31. The van der Waals surface area contributed by atoms with E-state index in [2.05, 4.69) is 4.98 Å². The number of esters is 1. The molecule has 5 heteroatoms. The smallest absolute Gasteiger partial charge is 0.337 e. The standard InChI is InChI=1S/C16H13NO4/c1-19-14-9-10(16(18)20-2)3-4-11(14)15-12-6-8-21-13(12)5-7-17-15/h3-9H,1-2H3. The molecule has 0 aliphatic carbocycles. The average molecular weight is 283 g/mol. The molecule has 0 unspecified atom stereocenters. The maximum absolute atomic E-state index is 11.6. The van der Waals surface area contributed by atoms with Gasteiger partial charge in [0.2, 0.25) is 0 Å². The fraction of sp³-hybridized carbons (Fsp3) is 0.125. The summed E-state index contributed by atoms with van der Waals surface area (Å²) in [6.45, 7) is 0. The van der Waals surface area contributed by atoms with Crippen molar-refractivity contribution >= 4 is 16.9 Å². The van der Waals surface area contributed by atoms with E-state index < -0.39 is 5.97 Å². The number of carbonyl (C=O) groups excluding carboxylic acids is 1. The van der Waals surface area contributed by atoms with Crippen molar-refractivity contribution in [1.29, 1.82) is 0 Å². The number of hydrogen-bond donors (Lipinski definition) is 0. The zero-order valence-electron chi connectivity index (χ0n) is 11.6. The molecule has 2 aromatic heterocycles. The van der Waals surface area contributed by atoms with Crippen LogP contribution >= 0.6 is 0 Å². The summed E-state index contributed by atoms with van der Waals surface area (Å²) >= 11 is 0. The molecule has 0 radical (unpaired) electrons. The number of nitrogens with zero attached hydrogens (tertiary/aromatic N) is 1. The van der Waals surface area contributed by atoms with Crippen LogP contribution in [-0.4, -0.2) is 25.2 Å². The molecule has 0 aliphatic rings. The van der Waals surface area contributed by atoms with Gasteiger partial charge in [0.1, 0.15) is 11.3 Å². The predicted molar refractivity (Wildman–Crippen MR) is 77.3 cm³/mol. The molecule has 0 amide bonds. The predicted octanol–water partition coefficient (Wildman–Crippen LogP) is 3.29. The number of furan rings is 1. The van der Waals surface area contributed by atoms with Crippen LogP contribution in [0.3, 0.4) is 0 Å². The van der Waals surface area contributed by atoms with E-state index in [0.29, 0.717) is 11.3 Å². The van der Waals surface area contributed by atoms with Crippen LogP contribution < -0.4 is 4.74 Å². The van der Waals surface area contributed by atoms with Gasteiger partial charge in [0.05, 0.1) is 31.7 Å². The summed E-state index contributed by atoms with van der Waals surface area (Å²) < 4.78 is 15.5. The van der Waals surface area contributed by atoms with Crippen LogP contribution in [0.4, 0.5) is 0 Å². The highest BCUT2D eigenvalue weighted by Gasteiger charge is 2.15. The lowest BCUT2D eigenvalue weighted by atomic mass is 10.0. The molecule has 0 N–H and O–H groups in total. The molecular weight excluding hydrogens is 270 g/mol. The Morgan fingerprint density at radius 3 is 2.81 bits per heavy atom. The van der Waals surface area contributed by atoms with Gasteiger partial charge in [0.25, 0.3) is 0 Å². The lowest BCUT2D eigenvalue weighted by Crippen LogP contribution is -2.02. The first-order valence-electron chi connectivity index (χ1n) is 6.33. The van der Waals surface area contributed by atoms with Crippen LogP contribution in [0.5, 0.6) is 5.75 Å². The van der Waals surface area contributed by atoms with Gasteiger partial charge in [-0.2, -0.15) is 0 Å². The number of ether oxygens (including phenoxy) is 2. The molecule has 0 aliphatic heterocycles. The number of pyridine rings is 1. The SMILES string of the molecule is COC(=O)c1ccc(-c2nccc3occc23)c(OC)c1. The van der Waals surface area contributed by atoms with E-state index in [-0.39, 0.29) is 0 Å². The highest BCUT2D eigenvalue weighted by atomic mass is 16.5. The van der Waals surface area contributed by atoms with Crippen LogP contribution in [0.15, 0.2) is 47.2 Å². The second-order valence-electron chi connectivity index (χ2n) is 4.40. The van der Waals surface area contributed by atoms with Crippen molar-refractivity contribution in [3.8, 4) is 17.0 Å². The molecule has 1 aromatic carbocycles. The molecule has 21 heavy (non-hydrogen) atoms. The number of hydrogen-bond acceptors (Lipinski definition) is 5. The Morgan fingerprint density at radius 2 is 2.05 bits per heavy atom. The summed E-state index contributed by atoms with van der Waals surface area (Å²) in [7, 11) is 2.89. The van der Waals surface area contributed by atoms with Gasteiger partial charge in [-0.1, -0.05) is 0 Å². The third-order valence-electron chi connectivity index (χ3n) is 3.26. The summed E-state index contributed by atoms with van der Waals surface area (Å²) in [6, 6.07) is 8.77. The molecule has 5 nitrogen and oxygen atoms in total. The molecular formula is C16H13NO4. The van der Waals surface area contributed by atoms with Crippen molar-refractivity contribution in [2.45, 2.75) is 0 Å². The van der Waals surface area contributed by atoms with E-state index in [1.54, 1.807) is 43.8 Å². The molecule has 3 aromatic rings. The Morgan fingerprint density at radius 1 is 1.19 bits per heavy atom. The third-order valence-corrected chi connectivity index (χ3v) is 3.26. The van der Waals surface area contributed by atoms with Crippen molar-refractivity contribution in [3.05, 3.63) is 48.4 Å². The number of carbonyl (C=O) groups is 1. The van der Waals surface area contributed by atoms with Crippen LogP contribution in [0, 0.1) is 0 Å². The second-order valence-corrected chi connectivity index (χ2v) is 4.40. The van der Waals surface area contributed by atoms with Crippen LogP contribution in [0.2, 0.25) is 0 Å². The van der Waals surface area contributed by atoms with Gasteiger partial charge in [-0.05, 0) is 30.3 Å². The van der Waals surface area contributed by atoms with Gasteiger partial charge in [0, 0.05) is 17.1 Å². The molecule has 0 atom stereocenters. The fourth-order valence-electron chi connectivity index (χ4n) is 2.24. The number of fused-ring (bicyclic) bond motifs is 1. The lowest BCUT2D eigenvalue weighted by molar-refractivity contribution is 0.0600. The van der Waals surface area contributed by atoms with E-state index in [0.717, 1.165) is 22.2 Å². The summed E-state index contributed by atoms with van der Waals surface area (Å²) in [5, 5.41) is 0.890. The van der Waals surface area contributed by atoms with Crippen LogP contribution in [0.25, 0.3) is 22.2 Å². The molecule has 0 saturated carbocycles. The monoisotopic (exact) mass is 283 g/mol. The second kappa shape index (κ2) is 5.28. The zero-order chi connectivity index (χ0) is 14.8. The fourth-order valence-corrected chi connectivity index (χ4v) is 2.24. The normalized spacial score (nSPS) is 10.6. The molecule has 2 heterocycles. The number of aromatic nitrogens is 1. The van der Waals surface area contributed by atoms with E-state index in [4.69, 9.17) is 13.9 Å². The van der Waals surface area contributed by atoms with Gasteiger partial charge >= 0.3 is 5.97 Å². The highest BCUT2D eigenvalue weighted by Crippen LogP contribution is 2.34. The van der Waals surface area contributed by atoms with Gasteiger partial charge < -0.3 is 13.9 Å². The maximum atomic E-state index is 11.6. The summed E-state index contributed by atoms with van der Waals surface area (Å²) in [5.41, 5.74) is 2.71. The number of methoxy groups -OCH3 is 2. The van der Waals surface area contributed by atoms with E-state index in [1.165, 1.54) is 7.11 Å². The van der Waals surface area contributed by atoms with Crippen LogP contribution in [0.1, 0.15) is 10.4 Å². The molecule has 0 spiro atoms. The largest absolute Gasteiger partial charge is 0.496 e. The van der Waals surface area contributed by atoms with Crippen molar-refractivity contribution in [2.24, 2.45) is 0 Å². The van der Waals surface area contributed by atoms with E-state index >= 15 is 0 Å². The van der Waals surface area contributed by atoms with E-state index in [1.807, 2.05) is 6.07 Å². The average Bonchev–Trinajstić information content (AvgIpc) is 3.02. The maximum Gasteiger partial charge on any atom is 0.337 e. The van der Waals surface area contributed by atoms with E-state index in [9.17, 15) is 4.79 Å². The van der Waals surface area contributed by atoms with Crippen LogP contribution in [-0.2, 0) is 4.74 Å². The first-order chi connectivity index (χ1) is 10.2. The minimum atomic E-state index is -0.408. The lowest BCUT2D eigenvalue weighted by Gasteiger charge is -2.10. The van der Waals surface area contributed by atoms with Gasteiger partial charge in [-0.15, -0.1) is 0 Å². The topological polar surface area (TPSA) is 61.6 Å². The third kappa shape index (κ3) is 2.23. The number of rotatable bonds is 3. The Hall–Kier alpha value is -2.82. The Balaban J connectivity index is 2.18. The molecule has 0 bridgehead atoms. The van der Waals surface area contributed by atoms with Gasteiger partial charge in [-0.25, -0.2) is 4.79 Å². The van der Waals surface area contributed by atoms with Crippen molar-refractivity contribution in [2.75, 3.05) is 14.2 Å². The molecule has 106 valence electrons. The summed E-state index contributed by atoms with van der Waals surface area (Å²) in [4.78, 5) is 16.0. The molecule has 3 rings (SSSR count). The Labute approximate surface area is 121 Å². The quantitative estimate of drug-likeness (QED) is 0.690. The van der Waals surface area contributed by atoms with Crippen molar-refractivity contribution < 1.29 is 18.7 Å². The summed E-state index contributed by atoms with van der Waals surface area (Å²) in [5.74, 6) is 0.147. The number of benzene rings is 1. The van der Waals surface area contributed by atoms with Crippen molar-refractivity contribution in [1.82, 2.24) is 4.98 Å². The zero-order valence-corrected chi connectivity index (χ0v) is 11.6. The highest BCUT2D eigenvalue weighted by molar-refractivity contribution is 5.95. The Bertz CT molecular complexity index is 807. The first-order valence-corrected chi connectivity index (χ1v) is 6.33. The molecule has 0 fully saturated rings. The van der Waals surface area contributed by atoms with Gasteiger partial charge in [-0.3, -0.25) is 4.98 Å².